The molecule has 122 valence electrons. The van der Waals surface area contributed by atoms with Gasteiger partial charge in [-0.2, -0.15) is 0 Å². The van der Waals surface area contributed by atoms with E-state index in [9.17, 15) is 9.50 Å². The zero-order valence-electron chi connectivity index (χ0n) is 13.3. The van der Waals surface area contributed by atoms with Crippen LogP contribution in [0, 0.1) is 23.6 Å². The van der Waals surface area contributed by atoms with Crippen molar-refractivity contribution in [1.82, 2.24) is 9.97 Å². The smallest absolute Gasteiger partial charge is 0.125 e. The molecule has 1 aromatic heterocycles. The van der Waals surface area contributed by atoms with Crippen LogP contribution in [0.5, 0.6) is 5.88 Å². The van der Waals surface area contributed by atoms with Gasteiger partial charge in [-0.15, -0.1) is 0 Å². The van der Waals surface area contributed by atoms with E-state index in [0.29, 0.717) is 23.1 Å². The highest BCUT2D eigenvalue weighted by molar-refractivity contribution is 5.74. The normalized spacial score (nSPS) is 25.7. The molecule has 2 aliphatic rings. The van der Waals surface area contributed by atoms with Crippen LogP contribution in [0.2, 0.25) is 0 Å². The molecule has 2 fully saturated rings. The standard InChI is InChI=1S/C19H23FN2O/c20-14-8-9-16-18(11-14)22-19(23)17(21-16)5-3-1-2-4-12-6-7-13-10-15(12)13/h8-9,11-13,15H,1-7,10H2,(H,22,23)/p-1/t12-,13?,15?/m0/s1. The van der Waals surface area contributed by atoms with Crippen LogP contribution in [-0.4, -0.2) is 9.97 Å². The largest absolute Gasteiger partial charge is 0.857 e. The SMILES string of the molecule is [O-]c1nc2cc(F)ccc2nc1CCCCC[C@H]1CCC2CC21. The van der Waals surface area contributed by atoms with Crippen LogP contribution in [0.15, 0.2) is 18.2 Å². The first kappa shape index (κ1) is 14.9. The molecule has 1 aromatic carbocycles. The van der Waals surface area contributed by atoms with E-state index in [4.69, 9.17) is 0 Å². The van der Waals surface area contributed by atoms with E-state index in [-0.39, 0.29) is 11.7 Å². The number of nitrogens with zero attached hydrogens (tertiary/aromatic N) is 2. The van der Waals surface area contributed by atoms with Crippen molar-refractivity contribution in [3.8, 4) is 5.88 Å². The first-order chi connectivity index (χ1) is 11.2. The zero-order chi connectivity index (χ0) is 15.8. The summed E-state index contributed by atoms with van der Waals surface area (Å²) in [6, 6.07) is 4.21. The monoisotopic (exact) mass is 313 g/mol. The molecule has 4 heteroatoms. The summed E-state index contributed by atoms with van der Waals surface area (Å²) in [6.07, 6.45) is 9.80. The Morgan fingerprint density at radius 1 is 1.09 bits per heavy atom. The lowest BCUT2D eigenvalue weighted by molar-refractivity contribution is -0.276. The molecule has 23 heavy (non-hydrogen) atoms. The van der Waals surface area contributed by atoms with Crippen LogP contribution in [0.25, 0.3) is 11.0 Å². The van der Waals surface area contributed by atoms with Crippen molar-refractivity contribution in [2.45, 2.75) is 51.4 Å². The molecule has 2 aromatic rings. The van der Waals surface area contributed by atoms with Crippen molar-refractivity contribution in [3.05, 3.63) is 29.7 Å². The lowest BCUT2D eigenvalue weighted by Crippen LogP contribution is -2.04. The van der Waals surface area contributed by atoms with E-state index < -0.39 is 0 Å². The topological polar surface area (TPSA) is 48.8 Å². The average Bonchev–Trinajstić information content (AvgIpc) is 3.21. The molecule has 2 aliphatic carbocycles. The van der Waals surface area contributed by atoms with Gasteiger partial charge in [0, 0.05) is 11.9 Å². The summed E-state index contributed by atoms with van der Waals surface area (Å²) in [5.74, 6) is 2.41. The second-order valence-electron chi connectivity index (χ2n) is 7.20. The second kappa shape index (κ2) is 6.06. The van der Waals surface area contributed by atoms with Crippen molar-refractivity contribution in [1.29, 1.82) is 0 Å². The molecule has 0 radical (unpaired) electrons. The fourth-order valence-corrected chi connectivity index (χ4v) is 4.27. The van der Waals surface area contributed by atoms with Gasteiger partial charge in [0.1, 0.15) is 5.82 Å². The quantitative estimate of drug-likeness (QED) is 0.758. The van der Waals surface area contributed by atoms with Gasteiger partial charge in [0.05, 0.1) is 16.7 Å². The first-order valence-electron chi connectivity index (χ1n) is 8.84. The molecule has 1 heterocycles. The summed E-state index contributed by atoms with van der Waals surface area (Å²) >= 11 is 0. The van der Waals surface area contributed by atoms with Gasteiger partial charge < -0.3 is 5.11 Å². The van der Waals surface area contributed by atoms with Gasteiger partial charge in [-0.3, -0.25) is 9.97 Å². The predicted octanol–water partition coefficient (Wildman–Crippen LogP) is 3.99. The fourth-order valence-electron chi connectivity index (χ4n) is 4.27. The highest BCUT2D eigenvalue weighted by atomic mass is 19.1. The maximum absolute atomic E-state index is 13.1. The Labute approximate surface area is 136 Å². The van der Waals surface area contributed by atoms with Gasteiger partial charge in [-0.25, -0.2) is 4.39 Å². The molecule has 0 N–H and O–H groups in total. The van der Waals surface area contributed by atoms with Gasteiger partial charge in [-0.1, -0.05) is 19.3 Å². The van der Waals surface area contributed by atoms with Crippen LogP contribution >= 0.6 is 0 Å². The Bertz CT molecular complexity index is 718. The van der Waals surface area contributed by atoms with Crippen LogP contribution < -0.4 is 5.11 Å². The average molecular weight is 313 g/mol. The van der Waals surface area contributed by atoms with Crippen LogP contribution in [0.3, 0.4) is 0 Å². The molecule has 0 bridgehead atoms. The number of rotatable bonds is 6. The van der Waals surface area contributed by atoms with Crippen molar-refractivity contribution in [3.63, 3.8) is 0 Å². The van der Waals surface area contributed by atoms with Crippen LogP contribution in [0.4, 0.5) is 4.39 Å². The maximum Gasteiger partial charge on any atom is 0.125 e. The van der Waals surface area contributed by atoms with Crippen molar-refractivity contribution < 1.29 is 9.50 Å². The third-order valence-electron chi connectivity index (χ3n) is 5.64. The Morgan fingerprint density at radius 3 is 2.78 bits per heavy atom. The molecule has 3 atom stereocenters. The van der Waals surface area contributed by atoms with E-state index in [0.717, 1.165) is 30.6 Å². The summed E-state index contributed by atoms with van der Waals surface area (Å²) in [4.78, 5) is 8.32. The highest BCUT2D eigenvalue weighted by Gasteiger charge is 2.47. The lowest BCUT2D eigenvalue weighted by Gasteiger charge is -2.13. The Balaban J connectivity index is 1.29. The Kier molecular flexibility index (Phi) is 3.92. The van der Waals surface area contributed by atoms with Gasteiger partial charge in [0.15, 0.2) is 0 Å². The molecule has 0 amide bonds. The number of aromatic nitrogens is 2. The molecule has 2 unspecified atom stereocenters. The highest BCUT2D eigenvalue weighted by Crippen LogP contribution is 2.56. The minimum atomic E-state index is -0.385. The van der Waals surface area contributed by atoms with Crippen LogP contribution in [0.1, 0.15) is 50.6 Å². The molecule has 2 saturated carbocycles. The lowest BCUT2D eigenvalue weighted by atomic mass is 9.96. The molecular formula is C19H22FN2O-. The number of fused-ring (bicyclic) bond motifs is 2. The molecular weight excluding hydrogens is 291 g/mol. The van der Waals surface area contributed by atoms with Crippen molar-refractivity contribution in [2.24, 2.45) is 17.8 Å². The summed E-state index contributed by atoms with van der Waals surface area (Å²) in [5, 5.41) is 12.0. The molecule has 4 rings (SSSR count). The third kappa shape index (κ3) is 3.17. The van der Waals surface area contributed by atoms with Crippen molar-refractivity contribution >= 4 is 11.0 Å². The Hall–Kier alpha value is -1.71. The van der Waals surface area contributed by atoms with E-state index >= 15 is 0 Å². The first-order valence-corrected chi connectivity index (χ1v) is 8.84. The van der Waals surface area contributed by atoms with Gasteiger partial charge in [0.2, 0.25) is 0 Å². The minimum Gasteiger partial charge on any atom is -0.857 e. The predicted molar refractivity (Wildman–Crippen MR) is 85.4 cm³/mol. The van der Waals surface area contributed by atoms with Gasteiger partial charge in [0.25, 0.3) is 0 Å². The molecule has 0 saturated heterocycles. The number of halogens is 1. The van der Waals surface area contributed by atoms with E-state index in [2.05, 4.69) is 9.97 Å². The second-order valence-corrected chi connectivity index (χ2v) is 7.20. The summed E-state index contributed by atoms with van der Waals surface area (Å²) < 4.78 is 13.1. The third-order valence-corrected chi connectivity index (χ3v) is 5.64. The van der Waals surface area contributed by atoms with Gasteiger partial charge in [-0.05, 0) is 62.0 Å². The molecule has 0 spiro atoms. The number of aryl methyl sites for hydroxylation is 1. The number of benzene rings is 1. The number of hydrogen-bond acceptors (Lipinski definition) is 3. The fraction of sp³-hybridized carbons (Fsp3) is 0.579. The molecule has 3 nitrogen and oxygen atoms in total. The van der Waals surface area contributed by atoms with E-state index in [1.807, 2.05) is 0 Å². The van der Waals surface area contributed by atoms with Crippen LogP contribution in [-0.2, 0) is 6.42 Å². The number of hydrogen-bond donors (Lipinski definition) is 0. The van der Waals surface area contributed by atoms with E-state index in [1.54, 1.807) is 6.07 Å². The summed E-state index contributed by atoms with van der Waals surface area (Å²) in [5.41, 5.74) is 1.47. The minimum absolute atomic E-state index is 0.306. The Morgan fingerprint density at radius 2 is 2.00 bits per heavy atom. The number of unbranched alkanes of at least 4 members (excludes halogenated alkanes) is 2. The van der Waals surface area contributed by atoms with E-state index in [1.165, 1.54) is 44.2 Å². The summed E-state index contributed by atoms with van der Waals surface area (Å²) in [6.45, 7) is 0. The van der Waals surface area contributed by atoms with Gasteiger partial charge >= 0.3 is 0 Å². The zero-order valence-corrected chi connectivity index (χ0v) is 13.3. The molecule has 0 aliphatic heterocycles. The maximum atomic E-state index is 13.1. The summed E-state index contributed by atoms with van der Waals surface area (Å²) in [7, 11) is 0. The van der Waals surface area contributed by atoms with Crippen molar-refractivity contribution in [2.75, 3.05) is 0 Å².